The zero-order valence-corrected chi connectivity index (χ0v) is 38.5. The minimum absolute atomic E-state index is 0.0362. The molecule has 350 valence electrons. The monoisotopic (exact) mass is 932 g/mol. The van der Waals surface area contributed by atoms with Crippen molar-refractivity contribution in [2.45, 2.75) is 123 Å². The smallest absolute Gasteiger partial charge is 0.333 e. The molecule has 0 bridgehead atoms. The van der Waals surface area contributed by atoms with Gasteiger partial charge in [0.1, 0.15) is 16.7 Å². The van der Waals surface area contributed by atoms with Crippen LogP contribution in [-0.2, 0) is 59.0 Å². The van der Waals surface area contributed by atoms with Gasteiger partial charge in [0.25, 0.3) is 11.8 Å². The summed E-state index contributed by atoms with van der Waals surface area (Å²) in [6, 6.07) is 10.8. The average Bonchev–Trinajstić information content (AvgIpc) is 3.84. The second-order valence-electron chi connectivity index (χ2n) is 17.1. The van der Waals surface area contributed by atoms with E-state index in [0.29, 0.717) is 57.2 Å². The fraction of sp³-hybridized carbons (Fsp3) is 0.500. The van der Waals surface area contributed by atoms with Crippen molar-refractivity contribution in [1.29, 1.82) is 0 Å². The number of anilines is 1. The maximum Gasteiger partial charge on any atom is 0.333 e. The van der Waals surface area contributed by atoms with Crippen LogP contribution in [-0.4, -0.2) is 86.1 Å². The standard InChI is InChI=1S/C48H59N3O12S2/c1-59-32-33-60-31-30-50-40-21-19-36(64-63-62-55)34-38(40)47(25-11-6-12-26-47)43(50)17-9-4-2-3-8-16-42-48(27-13-7-14-28-48)39-35-37(65(56,57)58)20-22-41(39)49(42)29-15-5-10-18-46(54)61-51-44(52)23-24-45(51)53/h2-4,8-9,16-17,19-22,34-35H,5-7,10-15,18,23-33H2,1H3,(H-,55,56,57,58)/p-1. The molecular formula is C48H58N3O12S2-. The third kappa shape index (κ3) is 11.1. The van der Waals surface area contributed by atoms with Crippen LogP contribution in [0.5, 0.6) is 0 Å². The Bertz CT molecular complexity index is 2310. The summed E-state index contributed by atoms with van der Waals surface area (Å²) >= 11 is 0.901. The number of imide groups is 1. The first-order valence-corrected chi connectivity index (χ1v) is 24.8. The molecule has 2 aromatic carbocycles. The summed E-state index contributed by atoms with van der Waals surface area (Å²) in [5.41, 5.74) is 5.62. The molecule has 0 unspecified atom stereocenters. The first-order chi connectivity index (χ1) is 31.5. The number of hydrogen-bond donors (Lipinski definition) is 0. The molecule has 2 saturated carbocycles. The molecule has 7 rings (SSSR count). The highest BCUT2D eigenvalue weighted by molar-refractivity contribution is 7.94. The summed E-state index contributed by atoms with van der Waals surface area (Å²) in [4.78, 5) is 44.2. The lowest BCUT2D eigenvalue weighted by Gasteiger charge is -2.37. The second kappa shape index (κ2) is 22.4. The fourth-order valence-electron chi connectivity index (χ4n) is 10.3. The van der Waals surface area contributed by atoms with E-state index in [9.17, 15) is 32.6 Å². The first-order valence-electron chi connectivity index (χ1n) is 22.7. The maximum atomic E-state index is 12.5. The molecular weight excluding hydrogens is 875 g/mol. The molecule has 1 saturated heterocycles. The Morgan fingerprint density at radius 3 is 2.25 bits per heavy atom. The van der Waals surface area contributed by atoms with E-state index >= 15 is 0 Å². The van der Waals surface area contributed by atoms with Crippen LogP contribution in [0.3, 0.4) is 0 Å². The van der Waals surface area contributed by atoms with Crippen molar-refractivity contribution < 1.29 is 60.9 Å². The van der Waals surface area contributed by atoms with E-state index in [1.807, 2.05) is 30.4 Å². The van der Waals surface area contributed by atoms with Crippen LogP contribution in [0.15, 0.2) is 94.4 Å². The number of methoxy groups -OCH3 is 1. The first kappa shape index (κ1) is 48.5. The zero-order chi connectivity index (χ0) is 45.9. The number of hydroxylamine groups is 2. The molecule has 5 aliphatic rings. The van der Waals surface area contributed by atoms with Crippen molar-refractivity contribution >= 4 is 57.0 Å². The Kier molecular flexibility index (Phi) is 16.7. The molecule has 0 N–H and O–H groups in total. The summed E-state index contributed by atoms with van der Waals surface area (Å²) < 4.78 is 54.8. The van der Waals surface area contributed by atoms with E-state index in [1.165, 1.54) is 23.7 Å². The Balaban J connectivity index is 1.12. The zero-order valence-electron chi connectivity index (χ0n) is 36.9. The lowest BCUT2D eigenvalue weighted by atomic mass is 9.67. The van der Waals surface area contributed by atoms with Crippen LogP contribution in [0.2, 0.25) is 0 Å². The summed E-state index contributed by atoms with van der Waals surface area (Å²) in [5.74, 6) is -1.65. The van der Waals surface area contributed by atoms with E-state index in [2.05, 4.69) is 44.9 Å². The number of nitrogens with zero attached hydrogens (tertiary/aromatic N) is 3. The molecule has 3 aliphatic heterocycles. The van der Waals surface area contributed by atoms with Gasteiger partial charge >= 0.3 is 5.97 Å². The largest absolute Gasteiger partial charge is 0.744 e. The van der Waals surface area contributed by atoms with E-state index in [4.69, 9.17) is 18.6 Å². The molecule has 3 heterocycles. The van der Waals surface area contributed by atoms with E-state index in [1.54, 1.807) is 19.2 Å². The van der Waals surface area contributed by atoms with Crippen LogP contribution < -0.4 is 10.2 Å². The van der Waals surface area contributed by atoms with Crippen LogP contribution in [0.4, 0.5) is 11.4 Å². The van der Waals surface area contributed by atoms with E-state index in [0.717, 1.165) is 97.4 Å². The molecule has 3 fully saturated rings. The highest BCUT2D eigenvalue weighted by Gasteiger charge is 2.52. The number of carbonyl (C=O) groups excluding carboxylic acids is 3. The summed E-state index contributed by atoms with van der Waals surface area (Å²) in [5, 5.41) is 14.9. The molecule has 0 aromatic heterocycles. The number of allylic oxidation sites excluding steroid dienone is 8. The van der Waals surface area contributed by atoms with Gasteiger partial charge in [-0.2, -0.15) is 8.91 Å². The molecule has 0 atom stereocenters. The minimum Gasteiger partial charge on any atom is -0.744 e. The predicted octanol–water partition coefficient (Wildman–Crippen LogP) is 7.23. The third-order valence-electron chi connectivity index (χ3n) is 13.3. The molecule has 2 aromatic rings. The second-order valence-corrected chi connectivity index (χ2v) is 19.3. The van der Waals surface area contributed by atoms with Crippen molar-refractivity contribution in [2.24, 2.45) is 0 Å². The Morgan fingerprint density at radius 2 is 1.54 bits per heavy atom. The molecule has 65 heavy (non-hydrogen) atoms. The molecule has 2 aliphatic carbocycles. The number of amides is 2. The van der Waals surface area contributed by atoms with Crippen molar-refractivity contribution in [3.63, 3.8) is 0 Å². The number of fused-ring (bicyclic) bond motifs is 4. The average molecular weight is 933 g/mol. The van der Waals surface area contributed by atoms with Gasteiger partial charge in [-0.1, -0.05) is 68.9 Å². The summed E-state index contributed by atoms with van der Waals surface area (Å²) in [7, 11) is -3.03. The van der Waals surface area contributed by atoms with Gasteiger partial charge in [-0.25, -0.2) is 13.2 Å². The Hall–Kier alpha value is -4.46. The number of rotatable bonds is 21. The fourth-order valence-corrected chi connectivity index (χ4v) is 11.2. The number of unbranched alkanes of at least 4 members (excludes halogenated alkanes) is 2. The van der Waals surface area contributed by atoms with Crippen molar-refractivity contribution in [3.8, 4) is 0 Å². The van der Waals surface area contributed by atoms with Crippen LogP contribution >= 0.6 is 12.0 Å². The third-order valence-corrected chi connectivity index (χ3v) is 14.7. The van der Waals surface area contributed by atoms with Gasteiger partial charge < -0.3 is 29.0 Å². The lowest BCUT2D eigenvalue weighted by Crippen LogP contribution is -2.36. The summed E-state index contributed by atoms with van der Waals surface area (Å²) in [6.07, 6.45) is 26.3. The van der Waals surface area contributed by atoms with Gasteiger partial charge in [-0.15, -0.1) is 5.06 Å². The van der Waals surface area contributed by atoms with Crippen molar-refractivity contribution in [3.05, 3.63) is 95.8 Å². The van der Waals surface area contributed by atoms with Crippen LogP contribution in [0.25, 0.3) is 0 Å². The molecule has 15 nitrogen and oxygen atoms in total. The van der Waals surface area contributed by atoms with Gasteiger partial charge in [-0.3, -0.25) is 14.6 Å². The summed E-state index contributed by atoms with van der Waals surface area (Å²) in [6.45, 7) is 2.78. The molecule has 17 heteroatoms. The van der Waals surface area contributed by atoms with Gasteiger partial charge in [0, 0.05) is 78.7 Å². The SMILES string of the molecule is COCCOCCN1\C(=C/C=C/C=C/C=C/C2=[N+](CCCCCC(=O)ON3C(=O)CCC3=O)c3ccc(S(=O)(=O)[O-])cc3C23CCCCC3)C2(CCCCC2)c2cc(SOO[O-])ccc21. The number of hydrogen-bond acceptors (Lipinski definition) is 14. The molecule has 2 spiro atoms. The highest BCUT2D eigenvalue weighted by Crippen LogP contribution is 2.56. The normalized spacial score (nSPS) is 20.0. The van der Waals surface area contributed by atoms with Crippen LogP contribution in [0.1, 0.15) is 114 Å². The number of carbonyl (C=O) groups is 3. The minimum atomic E-state index is -4.68. The maximum absolute atomic E-state index is 12.5. The highest BCUT2D eigenvalue weighted by atomic mass is 32.2. The van der Waals surface area contributed by atoms with Gasteiger partial charge in [0.2, 0.25) is 5.69 Å². The molecule has 2 amide bonds. The number of ether oxygens (including phenoxy) is 2. The quantitative estimate of drug-likeness (QED) is 0.0178. The van der Waals surface area contributed by atoms with E-state index < -0.39 is 33.3 Å². The van der Waals surface area contributed by atoms with Crippen molar-refractivity contribution in [1.82, 2.24) is 5.06 Å². The topological polar surface area (TPSA) is 187 Å². The van der Waals surface area contributed by atoms with Gasteiger partial charge in [0.05, 0.1) is 42.2 Å². The van der Waals surface area contributed by atoms with Crippen molar-refractivity contribution in [2.75, 3.05) is 44.9 Å². The Labute approximate surface area is 385 Å². The van der Waals surface area contributed by atoms with Gasteiger partial charge in [-0.05, 0) is 80.5 Å². The van der Waals surface area contributed by atoms with Gasteiger partial charge in [0.15, 0.2) is 5.71 Å². The predicted molar refractivity (Wildman–Crippen MR) is 239 cm³/mol. The lowest BCUT2D eigenvalue weighted by molar-refractivity contribution is -0.777. The number of benzene rings is 2. The molecule has 0 radical (unpaired) electrons. The van der Waals surface area contributed by atoms with E-state index in [-0.39, 0.29) is 29.6 Å². The Morgan fingerprint density at radius 1 is 0.831 bits per heavy atom. The van der Waals surface area contributed by atoms with Crippen LogP contribution in [0, 0.1) is 0 Å².